The molecule has 2 aromatic rings. The number of hydrogen-bond donors (Lipinski definition) is 3. The van der Waals surface area contributed by atoms with Gasteiger partial charge in [-0.1, -0.05) is 6.92 Å². The average Bonchev–Trinajstić information content (AvgIpc) is 2.94. The van der Waals surface area contributed by atoms with Crippen LogP contribution >= 0.6 is 11.3 Å². The Hall–Kier alpha value is -1.66. The van der Waals surface area contributed by atoms with Gasteiger partial charge in [-0.2, -0.15) is 11.3 Å². The number of hydrazine groups is 1. The van der Waals surface area contributed by atoms with E-state index in [1.807, 2.05) is 13.8 Å². The lowest BCUT2D eigenvalue weighted by Gasteiger charge is -2.12. The van der Waals surface area contributed by atoms with Gasteiger partial charge in [-0.05, 0) is 35.7 Å². The van der Waals surface area contributed by atoms with Gasteiger partial charge in [0.25, 0.3) is 0 Å². The predicted octanol–water partition coefficient (Wildman–Crippen LogP) is 2.35. The SMILES string of the molecule is CCc1nc(NN)c(C)c(NCCc2ccsc2)n1. The van der Waals surface area contributed by atoms with E-state index in [9.17, 15) is 0 Å². The lowest BCUT2D eigenvalue weighted by molar-refractivity contribution is 0.915. The first-order chi connectivity index (χ1) is 9.24. The van der Waals surface area contributed by atoms with Crippen molar-refractivity contribution in [2.45, 2.75) is 26.7 Å². The van der Waals surface area contributed by atoms with Crippen LogP contribution in [0.5, 0.6) is 0 Å². The van der Waals surface area contributed by atoms with Crippen LogP contribution in [0.1, 0.15) is 23.9 Å². The van der Waals surface area contributed by atoms with Crippen LogP contribution in [0.15, 0.2) is 16.8 Å². The van der Waals surface area contributed by atoms with Crippen molar-refractivity contribution >= 4 is 23.0 Å². The van der Waals surface area contributed by atoms with Crippen molar-refractivity contribution in [1.82, 2.24) is 9.97 Å². The number of rotatable bonds is 6. The van der Waals surface area contributed by atoms with Gasteiger partial charge in [0.15, 0.2) is 0 Å². The molecule has 0 radical (unpaired) electrons. The first kappa shape index (κ1) is 13.8. The second kappa shape index (κ2) is 6.49. The quantitative estimate of drug-likeness (QED) is 0.558. The predicted molar refractivity (Wildman–Crippen MR) is 80.5 cm³/mol. The summed E-state index contributed by atoms with van der Waals surface area (Å²) in [5.41, 5.74) is 4.92. The highest BCUT2D eigenvalue weighted by molar-refractivity contribution is 7.07. The third kappa shape index (κ3) is 3.42. The molecule has 19 heavy (non-hydrogen) atoms. The van der Waals surface area contributed by atoms with E-state index >= 15 is 0 Å². The summed E-state index contributed by atoms with van der Waals surface area (Å²) in [7, 11) is 0. The van der Waals surface area contributed by atoms with Gasteiger partial charge in [0, 0.05) is 18.5 Å². The van der Waals surface area contributed by atoms with Crippen molar-refractivity contribution in [2.24, 2.45) is 5.84 Å². The largest absolute Gasteiger partial charge is 0.369 e. The summed E-state index contributed by atoms with van der Waals surface area (Å²) in [5.74, 6) is 7.81. The monoisotopic (exact) mass is 277 g/mol. The minimum Gasteiger partial charge on any atom is -0.369 e. The number of anilines is 2. The van der Waals surface area contributed by atoms with Crippen molar-refractivity contribution in [1.29, 1.82) is 0 Å². The molecule has 0 fully saturated rings. The molecule has 0 aliphatic heterocycles. The molecule has 0 saturated heterocycles. The molecule has 5 nitrogen and oxygen atoms in total. The van der Waals surface area contributed by atoms with E-state index in [4.69, 9.17) is 5.84 Å². The summed E-state index contributed by atoms with van der Waals surface area (Å²) in [5, 5.41) is 7.62. The lowest BCUT2D eigenvalue weighted by Crippen LogP contribution is -2.15. The normalized spacial score (nSPS) is 10.5. The Bertz CT molecular complexity index is 524. The second-order valence-electron chi connectivity index (χ2n) is 4.27. The topological polar surface area (TPSA) is 75.9 Å². The Morgan fingerprint density at radius 2 is 2.11 bits per heavy atom. The Morgan fingerprint density at radius 1 is 1.32 bits per heavy atom. The van der Waals surface area contributed by atoms with Gasteiger partial charge in [0.05, 0.1) is 0 Å². The highest BCUT2D eigenvalue weighted by atomic mass is 32.1. The molecule has 6 heteroatoms. The van der Waals surface area contributed by atoms with Crippen LogP contribution in [0.4, 0.5) is 11.6 Å². The zero-order valence-corrected chi connectivity index (χ0v) is 12.0. The van der Waals surface area contributed by atoms with E-state index in [2.05, 4.69) is 37.5 Å². The van der Waals surface area contributed by atoms with Crippen LogP contribution in [0.2, 0.25) is 0 Å². The molecule has 0 aliphatic rings. The van der Waals surface area contributed by atoms with E-state index in [-0.39, 0.29) is 0 Å². The smallest absolute Gasteiger partial charge is 0.148 e. The summed E-state index contributed by atoms with van der Waals surface area (Å²) in [6.45, 7) is 4.84. The fourth-order valence-electron chi connectivity index (χ4n) is 1.79. The fourth-order valence-corrected chi connectivity index (χ4v) is 2.50. The lowest BCUT2D eigenvalue weighted by atomic mass is 10.2. The molecule has 0 aromatic carbocycles. The zero-order chi connectivity index (χ0) is 13.7. The molecule has 2 heterocycles. The summed E-state index contributed by atoms with van der Waals surface area (Å²) < 4.78 is 0. The third-order valence-electron chi connectivity index (χ3n) is 2.93. The standard InChI is InChI=1S/C13H19N5S/c1-3-11-16-12(9(2)13(17-11)18-14)15-6-4-10-5-7-19-8-10/h5,7-8H,3-4,6,14H2,1-2H3,(H2,15,16,17,18). The van der Waals surface area contributed by atoms with Crippen molar-refractivity contribution < 1.29 is 0 Å². The van der Waals surface area contributed by atoms with Crippen molar-refractivity contribution in [2.75, 3.05) is 17.3 Å². The molecule has 0 saturated carbocycles. The van der Waals surface area contributed by atoms with Gasteiger partial charge in [-0.25, -0.2) is 15.8 Å². The van der Waals surface area contributed by atoms with Gasteiger partial charge in [-0.3, -0.25) is 0 Å². The fraction of sp³-hybridized carbons (Fsp3) is 0.385. The highest BCUT2D eigenvalue weighted by Crippen LogP contribution is 2.19. The number of nitrogens with two attached hydrogens (primary N) is 1. The maximum absolute atomic E-state index is 5.48. The maximum Gasteiger partial charge on any atom is 0.148 e. The first-order valence-corrected chi connectivity index (χ1v) is 7.28. The third-order valence-corrected chi connectivity index (χ3v) is 3.66. The minimum absolute atomic E-state index is 0.685. The second-order valence-corrected chi connectivity index (χ2v) is 5.05. The number of thiophene rings is 1. The Balaban J connectivity index is 2.06. The van der Waals surface area contributed by atoms with E-state index < -0.39 is 0 Å². The van der Waals surface area contributed by atoms with Gasteiger partial charge in [0.1, 0.15) is 17.5 Å². The number of aromatic nitrogens is 2. The molecule has 2 aromatic heterocycles. The summed E-state index contributed by atoms with van der Waals surface area (Å²) in [6, 6.07) is 2.14. The van der Waals surface area contributed by atoms with Crippen LogP contribution in [0.25, 0.3) is 0 Å². The van der Waals surface area contributed by atoms with Crippen LogP contribution < -0.4 is 16.6 Å². The van der Waals surface area contributed by atoms with E-state index in [0.29, 0.717) is 5.82 Å². The summed E-state index contributed by atoms with van der Waals surface area (Å²) >= 11 is 1.72. The minimum atomic E-state index is 0.685. The molecule has 0 atom stereocenters. The van der Waals surface area contributed by atoms with E-state index in [1.54, 1.807) is 11.3 Å². The Labute approximate surface area is 117 Å². The van der Waals surface area contributed by atoms with Crippen LogP contribution in [0, 0.1) is 6.92 Å². The van der Waals surface area contributed by atoms with Gasteiger partial charge in [0.2, 0.25) is 0 Å². The van der Waals surface area contributed by atoms with Crippen molar-refractivity contribution in [3.63, 3.8) is 0 Å². The Morgan fingerprint density at radius 3 is 2.74 bits per heavy atom. The number of nitrogens with zero attached hydrogens (tertiary/aromatic N) is 2. The van der Waals surface area contributed by atoms with Crippen LogP contribution in [-0.2, 0) is 12.8 Å². The summed E-state index contributed by atoms with van der Waals surface area (Å²) in [6.07, 6.45) is 1.77. The van der Waals surface area contributed by atoms with E-state index in [1.165, 1.54) is 5.56 Å². The molecule has 2 rings (SSSR count). The molecule has 0 spiro atoms. The number of nitrogens with one attached hydrogen (secondary N) is 2. The van der Waals surface area contributed by atoms with E-state index in [0.717, 1.165) is 36.6 Å². The zero-order valence-electron chi connectivity index (χ0n) is 11.2. The molecule has 0 unspecified atom stereocenters. The molecular formula is C13H19N5S. The molecular weight excluding hydrogens is 258 g/mol. The molecule has 0 bridgehead atoms. The number of hydrogen-bond acceptors (Lipinski definition) is 6. The molecule has 0 amide bonds. The van der Waals surface area contributed by atoms with Gasteiger partial charge in [-0.15, -0.1) is 0 Å². The van der Waals surface area contributed by atoms with Gasteiger partial charge >= 0.3 is 0 Å². The maximum atomic E-state index is 5.48. The van der Waals surface area contributed by atoms with Crippen LogP contribution in [0.3, 0.4) is 0 Å². The Kier molecular flexibility index (Phi) is 4.70. The summed E-state index contributed by atoms with van der Waals surface area (Å²) in [4.78, 5) is 8.85. The van der Waals surface area contributed by atoms with Gasteiger partial charge < -0.3 is 10.7 Å². The first-order valence-electron chi connectivity index (χ1n) is 6.33. The van der Waals surface area contributed by atoms with Crippen molar-refractivity contribution in [3.8, 4) is 0 Å². The molecule has 102 valence electrons. The van der Waals surface area contributed by atoms with Crippen LogP contribution in [-0.4, -0.2) is 16.5 Å². The van der Waals surface area contributed by atoms with Crippen molar-refractivity contribution in [3.05, 3.63) is 33.8 Å². The average molecular weight is 277 g/mol. The highest BCUT2D eigenvalue weighted by Gasteiger charge is 2.08. The molecule has 0 aliphatic carbocycles. The molecule has 4 N–H and O–H groups in total. The number of nitrogen functional groups attached to an aromatic ring is 1. The number of aryl methyl sites for hydroxylation is 1.